The zero-order valence-electron chi connectivity index (χ0n) is 5.43. The first kappa shape index (κ1) is 6.36. The third kappa shape index (κ3) is 1.22. The van der Waals surface area contributed by atoms with Gasteiger partial charge in [-0.05, 0) is 23.7 Å². The SMILES string of the molecule is [c]1nnsc1-c1cccnn1. The summed E-state index contributed by atoms with van der Waals surface area (Å²) in [4.78, 5) is 0.818. The third-order valence-electron chi connectivity index (χ3n) is 1.13. The van der Waals surface area contributed by atoms with Crippen LogP contribution in [0.3, 0.4) is 0 Å². The van der Waals surface area contributed by atoms with Gasteiger partial charge in [0.05, 0.1) is 0 Å². The fourth-order valence-electron chi connectivity index (χ4n) is 0.674. The monoisotopic (exact) mass is 163 g/mol. The number of aromatic nitrogens is 4. The van der Waals surface area contributed by atoms with Crippen LogP contribution < -0.4 is 0 Å². The quantitative estimate of drug-likeness (QED) is 0.623. The van der Waals surface area contributed by atoms with Gasteiger partial charge in [0.2, 0.25) is 0 Å². The highest BCUT2D eigenvalue weighted by molar-refractivity contribution is 7.09. The molecule has 0 aromatic carbocycles. The van der Waals surface area contributed by atoms with Gasteiger partial charge in [0, 0.05) is 6.20 Å². The van der Waals surface area contributed by atoms with E-state index in [1.807, 2.05) is 12.1 Å². The molecule has 0 amide bonds. The Morgan fingerprint density at radius 1 is 1.45 bits per heavy atom. The van der Waals surface area contributed by atoms with Crippen molar-refractivity contribution in [1.82, 2.24) is 19.8 Å². The van der Waals surface area contributed by atoms with E-state index in [1.54, 1.807) is 6.20 Å². The van der Waals surface area contributed by atoms with Gasteiger partial charge in [-0.3, -0.25) is 0 Å². The lowest BCUT2D eigenvalue weighted by Gasteiger charge is -1.88. The van der Waals surface area contributed by atoms with E-state index < -0.39 is 0 Å². The number of hydrogen-bond acceptors (Lipinski definition) is 5. The first-order valence-corrected chi connectivity index (χ1v) is 3.72. The molecule has 0 fully saturated rings. The van der Waals surface area contributed by atoms with Crippen molar-refractivity contribution in [2.45, 2.75) is 0 Å². The van der Waals surface area contributed by atoms with Gasteiger partial charge in [0.25, 0.3) is 0 Å². The summed E-state index contributed by atoms with van der Waals surface area (Å²) >= 11 is 1.26. The third-order valence-corrected chi connectivity index (χ3v) is 1.78. The lowest BCUT2D eigenvalue weighted by Crippen LogP contribution is -1.81. The van der Waals surface area contributed by atoms with Crippen LogP contribution in [0.25, 0.3) is 10.6 Å². The normalized spacial score (nSPS) is 9.82. The van der Waals surface area contributed by atoms with E-state index in [9.17, 15) is 0 Å². The Labute approximate surface area is 67.1 Å². The van der Waals surface area contributed by atoms with Crippen molar-refractivity contribution >= 4 is 11.5 Å². The molecule has 0 aliphatic carbocycles. The summed E-state index contributed by atoms with van der Waals surface area (Å²) in [7, 11) is 0. The van der Waals surface area contributed by atoms with Crippen molar-refractivity contribution in [2.75, 3.05) is 0 Å². The van der Waals surface area contributed by atoms with Crippen LogP contribution in [0, 0.1) is 6.20 Å². The van der Waals surface area contributed by atoms with Crippen LogP contribution in [0.2, 0.25) is 0 Å². The molecule has 0 unspecified atom stereocenters. The molecule has 2 heterocycles. The molecular weight excluding hydrogens is 160 g/mol. The minimum atomic E-state index is 0.766. The Hall–Kier alpha value is -1.36. The maximum atomic E-state index is 3.87. The maximum Gasteiger partial charge on any atom is 0.137 e. The molecule has 0 saturated carbocycles. The first-order valence-electron chi connectivity index (χ1n) is 2.95. The molecular formula is C6H3N4S. The molecule has 0 atom stereocenters. The Balaban J connectivity index is 2.46. The molecule has 4 nitrogen and oxygen atoms in total. The summed E-state index contributed by atoms with van der Waals surface area (Å²) in [5, 5.41) is 11.2. The Kier molecular flexibility index (Phi) is 1.57. The van der Waals surface area contributed by atoms with E-state index in [0.29, 0.717) is 0 Å². The van der Waals surface area contributed by atoms with Crippen LogP contribution in [-0.4, -0.2) is 19.8 Å². The second-order valence-electron chi connectivity index (χ2n) is 1.82. The minimum absolute atomic E-state index is 0.766. The molecule has 1 radical (unpaired) electrons. The average Bonchev–Trinajstić information content (AvgIpc) is 2.58. The van der Waals surface area contributed by atoms with Crippen molar-refractivity contribution in [3.63, 3.8) is 0 Å². The van der Waals surface area contributed by atoms with Gasteiger partial charge in [-0.15, -0.1) is 10.2 Å². The summed E-state index contributed by atoms with van der Waals surface area (Å²) in [5.41, 5.74) is 0.766. The van der Waals surface area contributed by atoms with Gasteiger partial charge in [0.15, 0.2) is 0 Å². The van der Waals surface area contributed by atoms with Gasteiger partial charge >= 0.3 is 0 Å². The van der Waals surface area contributed by atoms with Crippen LogP contribution in [-0.2, 0) is 0 Å². The Bertz CT molecular complexity index is 318. The van der Waals surface area contributed by atoms with E-state index in [2.05, 4.69) is 26.0 Å². The zero-order chi connectivity index (χ0) is 7.52. The Morgan fingerprint density at radius 2 is 2.45 bits per heavy atom. The standard InChI is InChI=1S/C6H3N4S/c1-2-5(9-7-3-1)6-4-8-10-11-6/h1-3H. The first-order chi connectivity index (χ1) is 5.47. The fraction of sp³-hybridized carbons (Fsp3) is 0. The van der Waals surface area contributed by atoms with Crippen molar-refractivity contribution < 1.29 is 0 Å². The molecule has 0 bridgehead atoms. The smallest absolute Gasteiger partial charge is 0.137 e. The second-order valence-corrected chi connectivity index (χ2v) is 2.58. The summed E-state index contributed by atoms with van der Waals surface area (Å²) in [5.74, 6) is 0. The number of rotatable bonds is 1. The van der Waals surface area contributed by atoms with E-state index in [4.69, 9.17) is 0 Å². The molecule has 0 aliphatic heterocycles. The van der Waals surface area contributed by atoms with Gasteiger partial charge in [-0.2, -0.15) is 5.10 Å². The largest absolute Gasteiger partial charge is 0.159 e. The molecule has 2 rings (SSSR count). The lowest BCUT2D eigenvalue weighted by atomic mass is 10.3. The van der Waals surface area contributed by atoms with Crippen LogP contribution in [0.4, 0.5) is 0 Å². The highest BCUT2D eigenvalue weighted by Gasteiger charge is 2.00. The molecule has 2 aromatic heterocycles. The van der Waals surface area contributed by atoms with E-state index in [0.717, 1.165) is 10.6 Å². The summed E-state index contributed by atoms with van der Waals surface area (Å²) in [6.45, 7) is 0. The molecule has 0 aliphatic rings. The zero-order valence-corrected chi connectivity index (χ0v) is 6.25. The lowest BCUT2D eigenvalue weighted by molar-refractivity contribution is 1.04. The molecule has 2 aromatic rings. The molecule has 0 spiro atoms. The Morgan fingerprint density at radius 3 is 3.09 bits per heavy atom. The highest BCUT2D eigenvalue weighted by atomic mass is 32.1. The predicted octanol–water partition coefficient (Wildman–Crippen LogP) is 0.795. The highest BCUT2D eigenvalue weighted by Crippen LogP contribution is 2.16. The van der Waals surface area contributed by atoms with Crippen LogP contribution in [0.1, 0.15) is 0 Å². The second kappa shape index (κ2) is 2.71. The maximum absolute atomic E-state index is 3.87. The van der Waals surface area contributed by atoms with Crippen LogP contribution in [0.15, 0.2) is 18.3 Å². The molecule has 0 saturated heterocycles. The molecule has 0 N–H and O–H groups in total. The van der Waals surface area contributed by atoms with E-state index >= 15 is 0 Å². The van der Waals surface area contributed by atoms with Crippen molar-refractivity contribution in [3.8, 4) is 10.6 Å². The number of hydrogen-bond donors (Lipinski definition) is 0. The van der Waals surface area contributed by atoms with Crippen molar-refractivity contribution in [2.24, 2.45) is 0 Å². The van der Waals surface area contributed by atoms with Crippen LogP contribution in [0.5, 0.6) is 0 Å². The summed E-state index contributed by atoms with van der Waals surface area (Å²) < 4.78 is 3.67. The predicted molar refractivity (Wildman–Crippen MR) is 39.8 cm³/mol. The van der Waals surface area contributed by atoms with Gasteiger partial charge in [-0.25, -0.2) is 0 Å². The van der Waals surface area contributed by atoms with E-state index in [-0.39, 0.29) is 0 Å². The molecule has 53 valence electrons. The topological polar surface area (TPSA) is 51.6 Å². The molecule has 11 heavy (non-hydrogen) atoms. The summed E-state index contributed by atoms with van der Waals surface area (Å²) in [6, 6.07) is 3.66. The van der Waals surface area contributed by atoms with Gasteiger partial charge < -0.3 is 0 Å². The van der Waals surface area contributed by atoms with Crippen LogP contribution >= 0.6 is 11.5 Å². The molecule has 5 heteroatoms. The minimum Gasteiger partial charge on any atom is -0.159 e. The fourth-order valence-corrected chi connectivity index (χ4v) is 1.12. The van der Waals surface area contributed by atoms with Crippen molar-refractivity contribution in [3.05, 3.63) is 24.5 Å². The van der Waals surface area contributed by atoms with Gasteiger partial charge in [-0.1, -0.05) is 4.49 Å². The van der Waals surface area contributed by atoms with E-state index in [1.165, 1.54) is 11.5 Å². The number of nitrogens with zero attached hydrogens (tertiary/aromatic N) is 4. The average molecular weight is 163 g/mol. The summed E-state index contributed by atoms with van der Waals surface area (Å²) in [6.07, 6.45) is 4.33. The van der Waals surface area contributed by atoms with Gasteiger partial charge in [0.1, 0.15) is 16.8 Å². The van der Waals surface area contributed by atoms with Crippen molar-refractivity contribution in [1.29, 1.82) is 0 Å².